The van der Waals surface area contributed by atoms with Gasteiger partial charge in [-0.1, -0.05) is 6.07 Å². The summed E-state index contributed by atoms with van der Waals surface area (Å²) in [5, 5.41) is 5.93. The van der Waals surface area contributed by atoms with Gasteiger partial charge in [-0.05, 0) is 24.3 Å². The number of benzene rings is 2. The number of halogens is 3. The van der Waals surface area contributed by atoms with Crippen molar-refractivity contribution in [3.63, 3.8) is 0 Å². The summed E-state index contributed by atoms with van der Waals surface area (Å²) < 4.78 is 53.9. The molecule has 0 aliphatic carbocycles. The molecule has 0 heterocycles. The van der Waals surface area contributed by atoms with E-state index in [1.807, 2.05) is 6.07 Å². The van der Waals surface area contributed by atoms with Crippen molar-refractivity contribution >= 4 is 5.96 Å². The lowest BCUT2D eigenvalue weighted by molar-refractivity contribution is -0.0506. The van der Waals surface area contributed by atoms with Gasteiger partial charge >= 0.3 is 6.61 Å². The molecule has 0 radical (unpaired) electrons. The molecule has 6 nitrogen and oxygen atoms in total. The number of ether oxygens (including phenoxy) is 3. The van der Waals surface area contributed by atoms with Crippen LogP contribution in [0.4, 0.5) is 13.2 Å². The Bertz CT molecular complexity index is 816. The second-order valence-corrected chi connectivity index (χ2v) is 5.55. The van der Waals surface area contributed by atoms with Gasteiger partial charge < -0.3 is 24.8 Å². The summed E-state index contributed by atoms with van der Waals surface area (Å²) in [5.41, 5.74) is 0.826. The van der Waals surface area contributed by atoms with Gasteiger partial charge in [0.15, 0.2) is 5.96 Å². The minimum absolute atomic E-state index is 0.0206. The molecule has 0 saturated carbocycles. The molecule has 2 aromatic carbocycles. The summed E-state index contributed by atoms with van der Waals surface area (Å²) in [4.78, 5) is 4.05. The first kappa shape index (κ1) is 21.2. The number of hydrogen-bond donors (Lipinski definition) is 2. The molecule has 2 aromatic rings. The van der Waals surface area contributed by atoms with Crippen LogP contribution in [0.3, 0.4) is 0 Å². The lowest BCUT2D eigenvalue weighted by atomic mass is 10.2. The smallest absolute Gasteiger partial charge is 0.387 e. The van der Waals surface area contributed by atoms with Crippen LogP contribution in [0.5, 0.6) is 17.2 Å². The summed E-state index contributed by atoms with van der Waals surface area (Å²) in [6.45, 7) is -2.76. The Morgan fingerprint density at radius 1 is 1.04 bits per heavy atom. The van der Waals surface area contributed by atoms with E-state index in [0.29, 0.717) is 24.0 Å². The highest BCUT2D eigenvalue weighted by Crippen LogP contribution is 2.25. The Balaban J connectivity index is 2.03. The molecule has 0 unspecified atom stereocenters. The molecule has 0 aliphatic heterocycles. The van der Waals surface area contributed by atoms with Crippen LogP contribution in [0.2, 0.25) is 0 Å². The fourth-order valence-electron chi connectivity index (χ4n) is 2.49. The summed E-state index contributed by atoms with van der Waals surface area (Å²) in [6, 6.07) is 9.14. The van der Waals surface area contributed by atoms with Crippen molar-refractivity contribution < 1.29 is 27.4 Å². The largest absolute Gasteiger partial charge is 0.497 e. The van der Waals surface area contributed by atoms with Crippen LogP contribution in [0.15, 0.2) is 41.4 Å². The quantitative estimate of drug-likeness (QED) is 0.529. The highest BCUT2D eigenvalue weighted by Gasteiger charge is 2.14. The van der Waals surface area contributed by atoms with Crippen molar-refractivity contribution in [1.82, 2.24) is 10.6 Å². The zero-order chi connectivity index (χ0) is 20.5. The van der Waals surface area contributed by atoms with E-state index < -0.39 is 12.4 Å². The first-order chi connectivity index (χ1) is 13.5. The summed E-state index contributed by atoms with van der Waals surface area (Å²) in [5.74, 6) is 0.759. The third-order valence-electron chi connectivity index (χ3n) is 3.89. The number of methoxy groups -OCH3 is 2. The maximum absolute atomic E-state index is 14.0. The van der Waals surface area contributed by atoms with E-state index in [-0.39, 0.29) is 17.9 Å². The summed E-state index contributed by atoms with van der Waals surface area (Å²) in [6.07, 6.45) is 0. The molecular weight excluding hydrogens is 375 g/mol. The number of guanidine groups is 1. The number of alkyl halides is 2. The number of nitrogens with one attached hydrogen (secondary N) is 2. The molecule has 9 heteroatoms. The van der Waals surface area contributed by atoms with Crippen molar-refractivity contribution in [1.29, 1.82) is 0 Å². The van der Waals surface area contributed by atoms with Crippen molar-refractivity contribution in [2.45, 2.75) is 19.7 Å². The molecule has 0 saturated heterocycles. The molecule has 0 aromatic heterocycles. The van der Waals surface area contributed by atoms with E-state index in [2.05, 4.69) is 20.4 Å². The van der Waals surface area contributed by atoms with Crippen molar-refractivity contribution in [2.75, 3.05) is 21.3 Å². The maximum atomic E-state index is 14.0. The van der Waals surface area contributed by atoms with E-state index in [1.54, 1.807) is 33.4 Å². The Labute approximate surface area is 161 Å². The fourth-order valence-corrected chi connectivity index (χ4v) is 2.49. The van der Waals surface area contributed by atoms with Crippen molar-refractivity contribution in [3.05, 3.63) is 53.3 Å². The van der Waals surface area contributed by atoms with Crippen molar-refractivity contribution in [2.24, 2.45) is 4.99 Å². The molecule has 28 heavy (non-hydrogen) atoms. The molecule has 0 spiro atoms. The van der Waals surface area contributed by atoms with Crippen LogP contribution < -0.4 is 24.8 Å². The normalized spacial score (nSPS) is 11.3. The van der Waals surface area contributed by atoms with Crippen molar-refractivity contribution in [3.8, 4) is 17.2 Å². The fraction of sp³-hybridized carbons (Fsp3) is 0.316. The SMILES string of the molecule is CN=C(NCc1ccc(OC)cc1OC)NCc1c(F)cccc1OC(F)F. The van der Waals surface area contributed by atoms with E-state index in [4.69, 9.17) is 9.47 Å². The lowest BCUT2D eigenvalue weighted by Crippen LogP contribution is -2.36. The van der Waals surface area contributed by atoms with E-state index in [9.17, 15) is 13.2 Å². The molecule has 2 rings (SSSR count). The third kappa shape index (κ3) is 5.70. The van der Waals surface area contributed by atoms with Gasteiger partial charge in [0, 0.05) is 37.3 Å². The van der Waals surface area contributed by atoms with Gasteiger partial charge in [-0.25, -0.2) is 4.39 Å². The molecule has 152 valence electrons. The molecule has 0 fully saturated rings. The minimum atomic E-state index is -3.04. The second-order valence-electron chi connectivity index (χ2n) is 5.55. The third-order valence-corrected chi connectivity index (χ3v) is 3.89. The summed E-state index contributed by atoms with van der Waals surface area (Å²) in [7, 11) is 4.65. The Hall–Kier alpha value is -3.10. The molecule has 0 atom stereocenters. The minimum Gasteiger partial charge on any atom is -0.497 e. The Morgan fingerprint density at radius 3 is 2.43 bits per heavy atom. The predicted molar refractivity (Wildman–Crippen MR) is 99.6 cm³/mol. The zero-order valence-corrected chi connectivity index (χ0v) is 15.8. The van der Waals surface area contributed by atoms with Gasteiger partial charge in [-0.3, -0.25) is 4.99 Å². The summed E-state index contributed by atoms with van der Waals surface area (Å²) >= 11 is 0. The first-order valence-corrected chi connectivity index (χ1v) is 8.36. The average Bonchev–Trinajstić information content (AvgIpc) is 2.69. The van der Waals surface area contributed by atoms with Gasteiger partial charge in [0.25, 0.3) is 0 Å². The zero-order valence-electron chi connectivity index (χ0n) is 15.8. The highest BCUT2D eigenvalue weighted by molar-refractivity contribution is 5.79. The number of rotatable bonds is 8. The molecule has 0 amide bonds. The van der Waals surface area contributed by atoms with Gasteiger partial charge in [0.1, 0.15) is 23.1 Å². The molecule has 0 bridgehead atoms. The van der Waals surface area contributed by atoms with Crippen LogP contribution >= 0.6 is 0 Å². The van der Waals surface area contributed by atoms with E-state index in [1.165, 1.54) is 18.2 Å². The number of nitrogens with zero attached hydrogens (tertiary/aromatic N) is 1. The van der Waals surface area contributed by atoms with E-state index in [0.717, 1.165) is 5.56 Å². The maximum Gasteiger partial charge on any atom is 0.387 e. The van der Waals surface area contributed by atoms with Crippen LogP contribution in [0.1, 0.15) is 11.1 Å². The number of aliphatic imine (C=N–C) groups is 1. The van der Waals surface area contributed by atoms with Crippen LogP contribution in [0.25, 0.3) is 0 Å². The molecule has 0 aliphatic rings. The Morgan fingerprint density at radius 2 is 1.79 bits per heavy atom. The van der Waals surface area contributed by atoms with E-state index >= 15 is 0 Å². The monoisotopic (exact) mass is 397 g/mol. The highest BCUT2D eigenvalue weighted by atomic mass is 19.3. The first-order valence-electron chi connectivity index (χ1n) is 8.36. The van der Waals surface area contributed by atoms with Gasteiger partial charge in [-0.15, -0.1) is 0 Å². The van der Waals surface area contributed by atoms with Crippen LogP contribution in [-0.2, 0) is 13.1 Å². The topological polar surface area (TPSA) is 64.1 Å². The van der Waals surface area contributed by atoms with Gasteiger partial charge in [-0.2, -0.15) is 8.78 Å². The lowest BCUT2D eigenvalue weighted by Gasteiger charge is -2.16. The second kappa shape index (κ2) is 10.3. The van der Waals surface area contributed by atoms with Gasteiger partial charge in [0.2, 0.25) is 0 Å². The standard InChI is InChI=1S/C19H22F3N3O3/c1-23-19(24-10-12-7-8-13(26-2)9-17(12)27-3)25-11-14-15(20)5-4-6-16(14)28-18(21)22/h4-9,18H,10-11H2,1-3H3,(H2,23,24,25). The van der Waals surface area contributed by atoms with Crippen LogP contribution in [0, 0.1) is 5.82 Å². The average molecular weight is 397 g/mol. The van der Waals surface area contributed by atoms with Crippen LogP contribution in [-0.4, -0.2) is 33.8 Å². The predicted octanol–water partition coefficient (Wildman–Crippen LogP) is 3.31. The molecular formula is C19H22F3N3O3. The molecule has 2 N–H and O–H groups in total. The van der Waals surface area contributed by atoms with Gasteiger partial charge in [0.05, 0.1) is 14.2 Å². The number of hydrogen-bond acceptors (Lipinski definition) is 4. The Kier molecular flexibility index (Phi) is 7.79.